The molecular formula is C26H41NO3. The van der Waals surface area contributed by atoms with Gasteiger partial charge in [0.05, 0.1) is 5.70 Å². The fraction of sp³-hybridized carbons (Fsp3) is 0.615. The molecule has 0 aromatic heterocycles. The van der Waals surface area contributed by atoms with E-state index in [2.05, 4.69) is 51.7 Å². The van der Waals surface area contributed by atoms with E-state index < -0.39 is 11.6 Å². The Bertz CT molecular complexity index is 706. The summed E-state index contributed by atoms with van der Waals surface area (Å²) >= 11 is 0. The number of carbonyl (C=O) groups is 2. The summed E-state index contributed by atoms with van der Waals surface area (Å²) in [6.45, 7) is 12.0. The number of hydrogen-bond donors (Lipinski definition) is 1. The van der Waals surface area contributed by atoms with Gasteiger partial charge >= 0.3 is 0 Å². The van der Waals surface area contributed by atoms with Crippen LogP contribution in [0.2, 0.25) is 0 Å². The van der Waals surface area contributed by atoms with Crippen LogP contribution in [-0.2, 0) is 9.59 Å². The molecule has 1 aliphatic rings. The van der Waals surface area contributed by atoms with Gasteiger partial charge < -0.3 is 10.0 Å². The van der Waals surface area contributed by atoms with Gasteiger partial charge in [-0.3, -0.25) is 9.59 Å². The molecule has 30 heavy (non-hydrogen) atoms. The zero-order valence-electron chi connectivity index (χ0n) is 19.7. The van der Waals surface area contributed by atoms with Gasteiger partial charge in [-0.05, 0) is 52.9 Å². The van der Waals surface area contributed by atoms with Gasteiger partial charge in [-0.15, -0.1) is 0 Å². The van der Waals surface area contributed by atoms with Crippen LogP contribution in [0.1, 0.15) is 92.4 Å². The van der Waals surface area contributed by atoms with Gasteiger partial charge in [-0.25, -0.2) is 0 Å². The average Bonchev–Trinajstić information content (AvgIpc) is 2.69. The quantitative estimate of drug-likeness (QED) is 0.150. The van der Waals surface area contributed by atoms with Crippen molar-refractivity contribution in [3.05, 3.63) is 46.4 Å². The van der Waals surface area contributed by atoms with Crippen LogP contribution < -0.4 is 0 Å². The van der Waals surface area contributed by atoms with Gasteiger partial charge in [0.15, 0.2) is 0 Å². The summed E-state index contributed by atoms with van der Waals surface area (Å²) in [7, 11) is 0. The van der Waals surface area contributed by atoms with Crippen molar-refractivity contribution in [2.75, 3.05) is 13.1 Å². The Balaban J connectivity index is 3.13. The zero-order chi connectivity index (χ0) is 22.5. The van der Waals surface area contributed by atoms with Crippen LogP contribution in [0, 0.1) is 0 Å². The van der Waals surface area contributed by atoms with Gasteiger partial charge in [0.1, 0.15) is 5.76 Å². The number of carbonyl (C=O) groups excluding carboxylic acids is 2. The summed E-state index contributed by atoms with van der Waals surface area (Å²) in [5, 5.41) is 10.6. The molecule has 0 bridgehead atoms. The first-order valence-corrected chi connectivity index (χ1v) is 11.6. The molecular weight excluding hydrogens is 374 g/mol. The highest BCUT2D eigenvalue weighted by Crippen LogP contribution is 2.28. The minimum absolute atomic E-state index is 0.0572. The second-order valence-corrected chi connectivity index (χ2v) is 8.53. The highest BCUT2D eigenvalue weighted by molar-refractivity contribution is 6.48. The SMILES string of the molecule is CCCCCC1=C(N(CC=C(C)CCC=C(C)C)CCCCC)C(O)=CC(=O)C1=O. The molecule has 0 aliphatic heterocycles. The predicted octanol–water partition coefficient (Wildman–Crippen LogP) is 6.60. The molecule has 0 radical (unpaired) electrons. The Morgan fingerprint density at radius 1 is 1.00 bits per heavy atom. The molecule has 0 unspecified atom stereocenters. The highest BCUT2D eigenvalue weighted by atomic mass is 16.3. The molecule has 1 rings (SSSR count). The smallest absolute Gasteiger partial charge is 0.231 e. The fourth-order valence-electron chi connectivity index (χ4n) is 3.61. The lowest BCUT2D eigenvalue weighted by Gasteiger charge is -2.30. The van der Waals surface area contributed by atoms with Gasteiger partial charge in [-0.2, -0.15) is 0 Å². The van der Waals surface area contributed by atoms with Gasteiger partial charge in [0.25, 0.3) is 0 Å². The van der Waals surface area contributed by atoms with Crippen LogP contribution in [0.5, 0.6) is 0 Å². The van der Waals surface area contributed by atoms with Gasteiger partial charge in [0.2, 0.25) is 11.6 Å². The Hall–Kier alpha value is -2.10. The van der Waals surface area contributed by atoms with E-state index in [4.69, 9.17) is 0 Å². The minimum Gasteiger partial charge on any atom is -0.506 e. The molecule has 0 heterocycles. The molecule has 1 N–H and O–H groups in total. The molecule has 4 heteroatoms. The number of unbranched alkanes of at least 4 members (excludes halogenated alkanes) is 4. The fourth-order valence-corrected chi connectivity index (χ4v) is 3.61. The van der Waals surface area contributed by atoms with Crippen LogP contribution in [0.3, 0.4) is 0 Å². The first-order chi connectivity index (χ1) is 14.3. The molecule has 1 aliphatic carbocycles. The molecule has 0 atom stereocenters. The Morgan fingerprint density at radius 2 is 1.67 bits per heavy atom. The van der Waals surface area contributed by atoms with E-state index in [-0.39, 0.29) is 5.76 Å². The van der Waals surface area contributed by atoms with Crippen LogP contribution in [0.4, 0.5) is 0 Å². The highest BCUT2D eigenvalue weighted by Gasteiger charge is 2.30. The molecule has 0 aromatic rings. The lowest BCUT2D eigenvalue weighted by atomic mass is 9.92. The van der Waals surface area contributed by atoms with Crippen molar-refractivity contribution < 1.29 is 14.7 Å². The first-order valence-electron chi connectivity index (χ1n) is 11.6. The van der Waals surface area contributed by atoms with E-state index in [9.17, 15) is 14.7 Å². The van der Waals surface area contributed by atoms with E-state index >= 15 is 0 Å². The maximum absolute atomic E-state index is 12.6. The number of aliphatic hydroxyl groups excluding tert-OH is 1. The standard InChI is InChI=1S/C26H41NO3/c1-6-8-10-15-22-25(23(28)19-24(29)26(22)30)27(17-11-9-7-2)18-16-21(5)14-12-13-20(3)4/h13,16,19,28H,6-12,14-15,17-18H2,1-5H3. The van der Waals surface area contributed by atoms with Crippen molar-refractivity contribution >= 4 is 11.6 Å². The largest absolute Gasteiger partial charge is 0.506 e. The van der Waals surface area contributed by atoms with E-state index in [1.54, 1.807) is 0 Å². The second kappa shape index (κ2) is 14.0. The average molecular weight is 416 g/mol. The predicted molar refractivity (Wildman–Crippen MR) is 125 cm³/mol. The number of allylic oxidation sites excluding steroid dienone is 5. The Morgan fingerprint density at radius 3 is 2.30 bits per heavy atom. The number of hydrogen-bond acceptors (Lipinski definition) is 4. The molecule has 0 fully saturated rings. The lowest BCUT2D eigenvalue weighted by molar-refractivity contribution is -0.132. The summed E-state index contributed by atoms with van der Waals surface area (Å²) in [5.74, 6) is -1.12. The van der Waals surface area contributed by atoms with Crippen LogP contribution >= 0.6 is 0 Å². The molecule has 0 saturated carbocycles. The Kier molecular flexibility index (Phi) is 12.1. The Labute approximate surface area is 183 Å². The van der Waals surface area contributed by atoms with E-state index in [0.717, 1.165) is 64.0 Å². The third-order valence-electron chi connectivity index (χ3n) is 5.42. The lowest BCUT2D eigenvalue weighted by Crippen LogP contribution is -2.33. The third-order valence-corrected chi connectivity index (χ3v) is 5.42. The number of rotatable bonds is 14. The summed E-state index contributed by atoms with van der Waals surface area (Å²) < 4.78 is 0. The first kappa shape index (κ1) is 25.9. The molecule has 0 saturated heterocycles. The number of Topliss-reactive ketones (excluding diaryl/α,β-unsaturated/α-hetero) is 1. The monoisotopic (exact) mass is 415 g/mol. The van der Waals surface area contributed by atoms with Gasteiger partial charge in [0, 0.05) is 24.7 Å². The van der Waals surface area contributed by atoms with Crippen molar-refractivity contribution in [2.45, 2.75) is 92.4 Å². The maximum atomic E-state index is 12.6. The number of ketones is 2. The maximum Gasteiger partial charge on any atom is 0.231 e. The molecule has 0 aromatic carbocycles. The minimum atomic E-state index is -0.607. The third kappa shape index (κ3) is 8.73. The second-order valence-electron chi connectivity index (χ2n) is 8.53. The number of aliphatic hydroxyl groups is 1. The topological polar surface area (TPSA) is 57.6 Å². The summed E-state index contributed by atoms with van der Waals surface area (Å²) in [6, 6.07) is 0. The van der Waals surface area contributed by atoms with Crippen LogP contribution in [-0.4, -0.2) is 34.7 Å². The van der Waals surface area contributed by atoms with Crippen molar-refractivity contribution in [1.82, 2.24) is 4.90 Å². The zero-order valence-corrected chi connectivity index (χ0v) is 19.7. The van der Waals surface area contributed by atoms with Crippen molar-refractivity contribution in [3.8, 4) is 0 Å². The van der Waals surface area contributed by atoms with E-state index in [1.807, 2.05) is 0 Å². The van der Waals surface area contributed by atoms with Crippen molar-refractivity contribution in [2.24, 2.45) is 0 Å². The van der Waals surface area contributed by atoms with E-state index in [1.165, 1.54) is 11.1 Å². The number of nitrogens with zero attached hydrogens (tertiary/aromatic N) is 1. The molecule has 0 spiro atoms. The van der Waals surface area contributed by atoms with Crippen LogP contribution in [0.25, 0.3) is 0 Å². The van der Waals surface area contributed by atoms with Gasteiger partial charge in [-0.1, -0.05) is 62.8 Å². The molecule has 168 valence electrons. The van der Waals surface area contributed by atoms with Crippen molar-refractivity contribution in [1.29, 1.82) is 0 Å². The molecule has 0 amide bonds. The summed E-state index contributed by atoms with van der Waals surface area (Å²) in [4.78, 5) is 26.8. The van der Waals surface area contributed by atoms with Crippen molar-refractivity contribution in [3.63, 3.8) is 0 Å². The van der Waals surface area contributed by atoms with Crippen LogP contribution in [0.15, 0.2) is 46.4 Å². The molecule has 4 nitrogen and oxygen atoms in total. The summed E-state index contributed by atoms with van der Waals surface area (Å²) in [6.07, 6.45) is 14.2. The summed E-state index contributed by atoms with van der Waals surface area (Å²) in [5.41, 5.74) is 3.68. The van der Waals surface area contributed by atoms with E-state index in [0.29, 0.717) is 24.2 Å². The normalized spacial score (nSPS) is 14.8.